The van der Waals surface area contributed by atoms with Gasteiger partial charge in [0.1, 0.15) is 15.8 Å². The number of fused-ring (bicyclic) bond motifs is 1. The van der Waals surface area contributed by atoms with E-state index in [1.165, 1.54) is 16.2 Å². The molecule has 0 aromatic carbocycles. The minimum Gasteiger partial charge on any atom is -0.376 e. The minimum absolute atomic E-state index is 0.00208. The summed E-state index contributed by atoms with van der Waals surface area (Å²) in [6.07, 6.45) is 5.28. The highest BCUT2D eigenvalue weighted by atomic mass is 32.2. The van der Waals surface area contributed by atoms with Crippen molar-refractivity contribution in [2.75, 3.05) is 31.1 Å². The Morgan fingerprint density at radius 2 is 2.03 bits per heavy atom. The highest BCUT2D eigenvalue weighted by Crippen LogP contribution is 2.34. The summed E-state index contributed by atoms with van der Waals surface area (Å²) in [7, 11) is 0. The molecule has 3 saturated heterocycles. The van der Waals surface area contributed by atoms with Gasteiger partial charge >= 0.3 is 0 Å². The Morgan fingerprint density at radius 3 is 2.76 bits per heavy atom. The lowest BCUT2D eigenvalue weighted by atomic mass is 10.1. The number of rotatable bonds is 4. The second-order valence-corrected chi connectivity index (χ2v) is 10.3. The number of ether oxygens (including phenoxy) is 2. The molecule has 2 aromatic rings. The van der Waals surface area contributed by atoms with E-state index in [-0.39, 0.29) is 29.8 Å². The summed E-state index contributed by atoms with van der Waals surface area (Å²) in [5, 5.41) is 0. The molecule has 3 fully saturated rings. The van der Waals surface area contributed by atoms with Gasteiger partial charge in [0.25, 0.3) is 11.5 Å². The molecule has 0 bridgehead atoms. The van der Waals surface area contributed by atoms with Crippen LogP contribution in [0.1, 0.15) is 32.3 Å². The standard InChI is InChI=1S/C23H26N4O4S2/c1-14-11-25(12-15(2)31-14)20-17(21(28)26-8-4-3-7-19(26)24-20)10-18-22(29)27(23(32)33-18)13-16-6-5-9-30-16/h3-4,7-8,10,14-16H,5-6,9,11-13H2,1-2H3/b18-10-. The normalized spacial score (nSPS) is 27.3. The van der Waals surface area contributed by atoms with Crippen molar-refractivity contribution in [3.05, 3.63) is 45.2 Å². The smallest absolute Gasteiger partial charge is 0.267 e. The quantitative estimate of drug-likeness (QED) is 0.482. The molecule has 3 aliphatic heterocycles. The largest absolute Gasteiger partial charge is 0.376 e. The van der Waals surface area contributed by atoms with Crippen LogP contribution >= 0.6 is 24.0 Å². The highest BCUT2D eigenvalue weighted by Gasteiger charge is 2.35. The fourth-order valence-electron chi connectivity index (χ4n) is 4.59. The maximum atomic E-state index is 13.5. The van der Waals surface area contributed by atoms with Crippen molar-refractivity contribution in [1.29, 1.82) is 0 Å². The zero-order chi connectivity index (χ0) is 23.1. The Kier molecular flexibility index (Phi) is 6.26. The van der Waals surface area contributed by atoms with Crippen LogP contribution in [0.2, 0.25) is 0 Å². The number of pyridine rings is 1. The first-order valence-electron chi connectivity index (χ1n) is 11.2. The zero-order valence-electron chi connectivity index (χ0n) is 18.6. The van der Waals surface area contributed by atoms with Crippen molar-refractivity contribution in [2.24, 2.45) is 0 Å². The van der Waals surface area contributed by atoms with Gasteiger partial charge < -0.3 is 14.4 Å². The average Bonchev–Trinajstić information content (AvgIpc) is 3.39. The summed E-state index contributed by atoms with van der Waals surface area (Å²) in [5.74, 6) is 0.380. The van der Waals surface area contributed by atoms with E-state index in [1.54, 1.807) is 23.2 Å². The number of aromatic nitrogens is 2. The minimum atomic E-state index is -0.216. The molecule has 5 rings (SSSR count). The third-order valence-corrected chi connectivity index (χ3v) is 7.41. The van der Waals surface area contributed by atoms with Gasteiger partial charge in [-0.1, -0.05) is 30.0 Å². The highest BCUT2D eigenvalue weighted by molar-refractivity contribution is 8.26. The van der Waals surface area contributed by atoms with Crippen molar-refractivity contribution >= 4 is 51.7 Å². The molecule has 0 saturated carbocycles. The molecule has 2 aromatic heterocycles. The number of thiocarbonyl (C=S) groups is 1. The van der Waals surface area contributed by atoms with Crippen molar-refractivity contribution in [3.63, 3.8) is 0 Å². The lowest BCUT2D eigenvalue weighted by Gasteiger charge is -2.36. The number of thioether (sulfide) groups is 1. The lowest BCUT2D eigenvalue weighted by molar-refractivity contribution is -0.123. The molecule has 3 atom stereocenters. The van der Waals surface area contributed by atoms with Crippen molar-refractivity contribution in [2.45, 2.75) is 45.0 Å². The summed E-state index contributed by atoms with van der Waals surface area (Å²) in [5.41, 5.74) is 0.733. The van der Waals surface area contributed by atoms with E-state index >= 15 is 0 Å². The maximum Gasteiger partial charge on any atom is 0.267 e. The van der Waals surface area contributed by atoms with Gasteiger partial charge in [-0.3, -0.25) is 18.9 Å². The molecule has 0 aliphatic carbocycles. The van der Waals surface area contributed by atoms with E-state index in [4.69, 9.17) is 26.7 Å². The number of nitrogens with zero attached hydrogens (tertiary/aromatic N) is 4. The van der Waals surface area contributed by atoms with Gasteiger partial charge in [-0.15, -0.1) is 0 Å². The lowest BCUT2D eigenvalue weighted by Crippen LogP contribution is -2.46. The summed E-state index contributed by atoms with van der Waals surface area (Å²) < 4.78 is 13.6. The van der Waals surface area contributed by atoms with Gasteiger partial charge in [0.05, 0.1) is 35.3 Å². The predicted octanol–water partition coefficient (Wildman–Crippen LogP) is 2.69. The van der Waals surface area contributed by atoms with Crippen LogP contribution in [0.5, 0.6) is 0 Å². The van der Waals surface area contributed by atoms with Crippen LogP contribution in [0.25, 0.3) is 11.7 Å². The molecule has 33 heavy (non-hydrogen) atoms. The zero-order valence-corrected chi connectivity index (χ0v) is 20.2. The molecule has 0 radical (unpaired) electrons. The number of amides is 1. The van der Waals surface area contributed by atoms with Crippen LogP contribution in [0.15, 0.2) is 34.1 Å². The van der Waals surface area contributed by atoms with Crippen LogP contribution < -0.4 is 10.5 Å². The topological polar surface area (TPSA) is 76.4 Å². The number of carbonyl (C=O) groups is 1. The van der Waals surface area contributed by atoms with Crippen LogP contribution in [0, 0.1) is 0 Å². The summed E-state index contributed by atoms with van der Waals surface area (Å²) >= 11 is 6.71. The first kappa shape index (κ1) is 22.5. The Morgan fingerprint density at radius 1 is 1.24 bits per heavy atom. The number of hydrogen-bond acceptors (Lipinski definition) is 8. The van der Waals surface area contributed by atoms with Gasteiger partial charge in [0.15, 0.2) is 0 Å². The van der Waals surface area contributed by atoms with E-state index in [1.807, 2.05) is 26.0 Å². The van der Waals surface area contributed by atoms with Gasteiger partial charge in [0, 0.05) is 25.9 Å². The second kappa shape index (κ2) is 9.17. The fourth-order valence-corrected chi connectivity index (χ4v) is 5.85. The van der Waals surface area contributed by atoms with Gasteiger partial charge in [-0.05, 0) is 44.9 Å². The summed E-state index contributed by atoms with van der Waals surface area (Å²) in [6, 6.07) is 5.45. The molecular weight excluding hydrogens is 460 g/mol. The first-order valence-corrected chi connectivity index (χ1v) is 12.4. The van der Waals surface area contributed by atoms with E-state index < -0.39 is 0 Å². The van der Waals surface area contributed by atoms with Crippen molar-refractivity contribution in [1.82, 2.24) is 14.3 Å². The number of carbonyl (C=O) groups excluding carboxylic acids is 1. The summed E-state index contributed by atoms with van der Waals surface area (Å²) in [6.45, 7) is 6.40. The van der Waals surface area contributed by atoms with Crippen LogP contribution in [-0.2, 0) is 14.3 Å². The van der Waals surface area contributed by atoms with Crippen molar-refractivity contribution < 1.29 is 14.3 Å². The molecule has 0 N–H and O–H groups in total. The molecule has 174 valence electrons. The number of anilines is 1. The molecule has 0 spiro atoms. The third kappa shape index (κ3) is 4.44. The Hall–Kier alpha value is -2.27. The number of hydrogen-bond donors (Lipinski definition) is 0. The summed E-state index contributed by atoms with van der Waals surface area (Å²) in [4.78, 5) is 35.6. The van der Waals surface area contributed by atoms with Gasteiger partial charge in [-0.25, -0.2) is 4.98 Å². The van der Waals surface area contributed by atoms with Gasteiger partial charge in [-0.2, -0.15) is 0 Å². The number of morpholine rings is 1. The molecule has 1 amide bonds. The fraction of sp³-hybridized carbons (Fsp3) is 0.478. The molecule has 3 aliphatic rings. The Bertz CT molecular complexity index is 1180. The van der Waals surface area contributed by atoms with Crippen molar-refractivity contribution in [3.8, 4) is 0 Å². The van der Waals surface area contributed by atoms with E-state index in [9.17, 15) is 9.59 Å². The maximum absolute atomic E-state index is 13.5. The molecule has 5 heterocycles. The van der Waals surface area contributed by atoms with Gasteiger partial charge in [0.2, 0.25) is 0 Å². The van der Waals surface area contributed by atoms with Crippen LogP contribution in [0.3, 0.4) is 0 Å². The molecule has 3 unspecified atom stereocenters. The Labute approximate surface area is 201 Å². The van der Waals surface area contributed by atoms with Crippen LogP contribution in [-0.4, -0.2) is 69.1 Å². The third-order valence-electron chi connectivity index (χ3n) is 6.03. The monoisotopic (exact) mass is 486 g/mol. The molecule has 8 nitrogen and oxygen atoms in total. The van der Waals surface area contributed by atoms with Crippen LogP contribution in [0.4, 0.5) is 5.82 Å². The SMILES string of the molecule is CC1CN(c2nc3ccccn3c(=O)c2/C=C2\SC(=S)N(CC3CCCO3)C2=O)CC(C)O1. The Balaban J connectivity index is 1.56. The van der Waals surface area contributed by atoms with E-state index in [0.29, 0.717) is 52.5 Å². The van der Waals surface area contributed by atoms with E-state index in [2.05, 4.69) is 4.90 Å². The average molecular weight is 487 g/mol. The second-order valence-electron chi connectivity index (χ2n) is 8.67. The molecule has 10 heteroatoms. The molecular formula is C23H26N4O4S2. The first-order chi connectivity index (χ1) is 15.9. The van der Waals surface area contributed by atoms with E-state index in [0.717, 1.165) is 12.8 Å². The predicted molar refractivity (Wildman–Crippen MR) is 133 cm³/mol.